The van der Waals surface area contributed by atoms with Gasteiger partial charge in [0, 0.05) is 11.4 Å². The van der Waals surface area contributed by atoms with Crippen molar-refractivity contribution in [3.63, 3.8) is 0 Å². The molecule has 0 radical (unpaired) electrons. The van der Waals surface area contributed by atoms with Crippen molar-refractivity contribution in [3.05, 3.63) is 34.9 Å². The molecular formula is C14H18ClNO. The molecule has 2 rings (SSSR count). The van der Waals surface area contributed by atoms with E-state index in [-0.39, 0.29) is 11.4 Å². The lowest BCUT2D eigenvalue weighted by Gasteiger charge is -2.41. The number of nitrogens with one attached hydrogen (secondary N) is 1. The Morgan fingerprint density at radius 3 is 2.65 bits per heavy atom. The summed E-state index contributed by atoms with van der Waals surface area (Å²) in [6.45, 7) is 3.96. The first-order valence-corrected chi connectivity index (χ1v) is 6.55. The number of rotatable bonds is 3. The molecule has 1 fully saturated rings. The van der Waals surface area contributed by atoms with Crippen molar-refractivity contribution in [1.82, 2.24) is 5.32 Å². The van der Waals surface area contributed by atoms with Crippen LogP contribution in [-0.2, 0) is 0 Å². The van der Waals surface area contributed by atoms with E-state index < -0.39 is 0 Å². The van der Waals surface area contributed by atoms with Gasteiger partial charge in [-0.1, -0.05) is 17.7 Å². The summed E-state index contributed by atoms with van der Waals surface area (Å²) in [6, 6.07) is 5.94. The Hall–Kier alpha value is -1.02. The van der Waals surface area contributed by atoms with Crippen LogP contribution in [0.25, 0.3) is 0 Å². The predicted octanol–water partition coefficient (Wildman–Crippen LogP) is 3.19. The van der Waals surface area contributed by atoms with Crippen LogP contribution in [0.2, 0.25) is 0 Å². The molecule has 0 unspecified atom stereocenters. The van der Waals surface area contributed by atoms with E-state index in [0.29, 0.717) is 5.88 Å². The molecule has 0 aliphatic heterocycles. The number of hydrogen-bond acceptors (Lipinski definition) is 1. The fourth-order valence-electron chi connectivity index (χ4n) is 2.18. The van der Waals surface area contributed by atoms with Gasteiger partial charge < -0.3 is 5.32 Å². The molecule has 1 amide bonds. The second-order valence-electron chi connectivity index (χ2n) is 5.04. The van der Waals surface area contributed by atoms with Crippen LogP contribution in [0.4, 0.5) is 0 Å². The summed E-state index contributed by atoms with van der Waals surface area (Å²) in [5, 5.41) is 3.09. The minimum atomic E-state index is -0.158. The molecule has 3 heteroatoms. The second-order valence-corrected chi connectivity index (χ2v) is 5.31. The van der Waals surface area contributed by atoms with E-state index in [0.717, 1.165) is 36.0 Å². The van der Waals surface area contributed by atoms with E-state index in [1.165, 1.54) is 0 Å². The number of carbonyl (C=O) groups is 1. The standard InChI is InChI=1S/C14H18ClNO/c1-10-4-5-11(2)12(8-10)13(17)16-14(9-15)6-3-7-14/h4-5,8H,3,6-7,9H2,1-2H3,(H,16,17). The van der Waals surface area contributed by atoms with E-state index in [9.17, 15) is 4.79 Å². The van der Waals surface area contributed by atoms with Gasteiger partial charge in [0.15, 0.2) is 0 Å². The second kappa shape index (κ2) is 4.69. The summed E-state index contributed by atoms with van der Waals surface area (Å²) in [5.41, 5.74) is 2.72. The number of carbonyl (C=O) groups excluding carboxylic acids is 1. The smallest absolute Gasteiger partial charge is 0.252 e. The molecule has 0 atom stereocenters. The van der Waals surface area contributed by atoms with Crippen molar-refractivity contribution in [3.8, 4) is 0 Å². The van der Waals surface area contributed by atoms with E-state index in [2.05, 4.69) is 5.32 Å². The molecule has 1 aromatic rings. The summed E-state index contributed by atoms with van der Waals surface area (Å²) < 4.78 is 0. The highest BCUT2D eigenvalue weighted by Gasteiger charge is 2.37. The number of benzene rings is 1. The van der Waals surface area contributed by atoms with Gasteiger partial charge >= 0.3 is 0 Å². The molecule has 0 aromatic heterocycles. The van der Waals surface area contributed by atoms with Crippen molar-refractivity contribution in [2.75, 3.05) is 5.88 Å². The average Bonchev–Trinajstić information content (AvgIpc) is 2.26. The van der Waals surface area contributed by atoms with E-state index in [1.807, 2.05) is 32.0 Å². The van der Waals surface area contributed by atoms with Gasteiger partial charge in [0.2, 0.25) is 0 Å². The molecule has 1 N–H and O–H groups in total. The number of hydrogen-bond donors (Lipinski definition) is 1. The van der Waals surface area contributed by atoms with Crippen LogP contribution in [0.5, 0.6) is 0 Å². The number of aryl methyl sites for hydroxylation is 2. The highest BCUT2D eigenvalue weighted by molar-refractivity contribution is 6.19. The molecule has 1 aliphatic rings. The van der Waals surface area contributed by atoms with Gasteiger partial charge in [-0.3, -0.25) is 4.79 Å². The Morgan fingerprint density at radius 1 is 1.41 bits per heavy atom. The van der Waals surface area contributed by atoms with Gasteiger partial charge in [0.25, 0.3) is 5.91 Å². The molecule has 17 heavy (non-hydrogen) atoms. The molecule has 0 heterocycles. The normalized spacial score (nSPS) is 17.4. The third-order valence-corrected chi connectivity index (χ3v) is 4.09. The van der Waals surface area contributed by atoms with Crippen molar-refractivity contribution in [1.29, 1.82) is 0 Å². The highest BCUT2D eigenvalue weighted by Crippen LogP contribution is 2.33. The van der Waals surface area contributed by atoms with E-state index in [4.69, 9.17) is 11.6 Å². The number of amides is 1. The van der Waals surface area contributed by atoms with Crippen LogP contribution in [-0.4, -0.2) is 17.3 Å². The summed E-state index contributed by atoms with van der Waals surface area (Å²) in [4.78, 5) is 12.2. The monoisotopic (exact) mass is 251 g/mol. The first-order valence-electron chi connectivity index (χ1n) is 6.02. The van der Waals surface area contributed by atoms with Crippen molar-refractivity contribution in [2.45, 2.75) is 38.6 Å². The molecule has 92 valence electrons. The molecule has 1 aliphatic carbocycles. The average molecular weight is 252 g/mol. The Labute approximate surface area is 107 Å². The van der Waals surface area contributed by atoms with E-state index in [1.54, 1.807) is 0 Å². The minimum absolute atomic E-state index is 0.00606. The maximum atomic E-state index is 12.2. The Kier molecular flexibility index (Phi) is 3.43. The van der Waals surface area contributed by atoms with Crippen LogP contribution in [0, 0.1) is 13.8 Å². The lowest BCUT2D eigenvalue weighted by atomic mass is 9.78. The third kappa shape index (κ3) is 2.47. The number of halogens is 1. The molecule has 0 spiro atoms. The fourth-order valence-corrected chi connectivity index (χ4v) is 2.52. The topological polar surface area (TPSA) is 29.1 Å². The zero-order chi connectivity index (χ0) is 12.5. The Morgan fingerprint density at radius 2 is 2.12 bits per heavy atom. The Bertz CT molecular complexity index is 432. The van der Waals surface area contributed by atoms with Gasteiger partial charge in [-0.25, -0.2) is 0 Å². The molecule has 0 saturated heterocycles. The van der Waals surface area contributed by atoms with Crippen molar-refractivity contribution in [2.24, 2.45) is 0 Å². The molecular weight excluding hydrogens is 234 g/mol. The van der Waals surface area contributed by atoms with Crippen LogP contribution < -0.4 is 5.32 Å². The highest BCUT2D eigenvalue weighted by atomic mass is 35.5. The minimum Gasteiger partial charge on any atom is -0.345 e. The molecule has 2 nitrogen and oxygen atoms in total. The molecule has 0 bridgehead atoms. The van der Waals surface area contributed by atoms with Crippen molar-refractivity contribution >= 4 is 17.5 Å². The first kappa shape index (κ1) is 12.4. The summed E-state index contributed by atoms with van der Waals surface area (Å²) in [5.74, 6) is 0.510. The van der Waals surface area contributed by atoms with Gasteiger partial charge in [0.05, 0.1) is 5.54 Å². The van der Waals surface area contributed by atoms with Crippen LogP contribution in [0.1, 0.15) is 40.7 Å². The Balaban J connectivity index is 2.17. The van der Waals surface area contributed by atoms with Gasteiger partial charge in [0.1, 0.15) is 0 Å². The first-order chi connectivity index (χ1) is 8.06. The van der Waals surface area contributed by atoms with Crippen LogP contribution in [0.3, 0.4) is 0 Å². The molecule has 1 aromatic carbocycles. The fraction of sp³-hybridized carbons (Fsp3) is 0.500. The van der Waals surface area contributed by atoms with Gasteiger partial charge in [-0.2, -0.15) is 0 Å². The maximum absolute atomic E-state index is 12.2. The quantitative estimate of drug-likeness (QED) is 0.822. The third-order valence-electron chi connectivity index (χ3n) is 3.58. The zero-order valence-corrected chi connectivity index (χ0v) is 11.1. The summed E-state index contributed by atoms with van der Waals surface area (Å²) in [6.07, 6.45) is 3.14. The molecule has 1 saturated carbocycles. The zero-order valence-electron chi connectivity index (χ0n) is 10.3. The summed E-state index contributed by atoms with van der Waals surface area (Å²) >= 11 is 5.95. The number of alkyl halides is 1. The van der Waals surface area contributed by atoms with Crippen LogP contribution >= 0.6 is 11.6 Å². The van der Waals surface area contributed by atoms with Gasteiger partial charge in [-0.15, -0.1) is 11.6 Å². The summed E-state index contributed by atoms with van der Waals surface area (Å²) in [7, 11) is 0. The largest absolute Gasteiger partial charge is 0.345 e. The maximum Gasteiger partial charge on any atom is 0.252 e. The van der Waals surface area contributed by atoms with E-state index >= 15 is 0 Å². The SMILES string of the molecule is Cc1ccc(C)c(C(=O)NC2(CCl)CCC2)c1. The van der Waals surface area contributed by atoms with Crippen molar-refractivity contribution < 1.29 is 4.79 Å². The lowest BCUT2D eigenvalue weighted by Crippen LogP contribution is -2.55. The van der Waals surface area contributed by atoms with Crippen LogP contribution in [0.15, 0.2) is 18.2 Å². The van der Waals surface area contributed by atoms with Gasteiger partial charge in [-0.05, 0) is 44.7 Å². The lowest BCUT2D eigenvalue weighted by molar-refractivity contribution is 0.0853. The predicted molar refractivity (Wildman–Crippen MR) is 70.7 cm³/mol.